The van der Waals surface area contributed by atoms with E-state index in [1.54, 1.807) is 0 Å². The Hall–Kier alpha value is -2.52. The number of benzene rings is 2. The van der Waals surface area contributed by atoms with Gasteiger partial charge in [0.15, 0.2) is 5.13 Å². The number of fused-ring (bicyclic) bond motifs is 1. The first-order valence-corrected chi connectivity index (χ1v) is 9.67. The first-order valence-electron chi connectivity index (χ1n) is 8.85. The third-order valence-corrected chi connectivity index (χ3v) is 5.28. The number of aromatic nitrogens is 1. The second-order valence-electron chi connectivity index (χ2n) is 6.80. The fraction of sp³-hybridized carbons (Fsp3) is 0.300. The normalized spacial score (nSPS) is 12.0. The van der Waals surface area contributed by atoms with E-state index in [1.165, 1.54) is 35.2 Å². The molecule has 0 saturated carbocycles. The highest BCUT2D eigenvalue weighted by molar-refractivity contribution is 7.22. The molecule has 2 aromatic carbocycles. The summed E-state index contributed by atoms with van der Waals surface area (Å²) in [4.78, 5) is 20.8. The van der Waals surface area contributed by atoms with E-state index >= 15 is 0 Å². The van der Waals surface area contributed by atoms with Gasteiger partial charge in [0.25, 0.3) is 5.91 Å². The first-order chi connectivity index (χ1) is 13.6. The summed E-state index contributed by atoms with van der Waals surface area (Å²) in [5, 5.41) is 0.326. The van der Waals surface area contributed by atoms with Crippen molar-refractivity contribution in [3.63, 3.8) is 0 Å². The Kier molecular flexibility index (Phi) is 6.18. The summed E-state index contributed by atoms with van der Waals surface area (Å²) in [6, 6.07) is 8.44. The molecule has 0 bridgehead atoms. The topological polar surface area (TPSA) is 36.4 Å². The summed E-state index contributed by atoms with van der Waals surface area (Å²) in [6.45, 7) is 0.960. The molecule has 0 aliphatic carbocycles. The van der Waals surface area contributed by atoms with Crippen LogP contribution in [-0.4, -0.2) is 43.0 Å². The molecular formula is C20H19F4N3OS. The predicted molar refractivity (Wildman–Crippen MR) is 106 cm³/mol. The summed E-state index contributed by atoms with van der Waals surface area (Å²) in [5.41, 5.74) is -0.432. The Bertz CT molecular complexity index is 1020. The van der Waals surface area contributed by atoms with E-state index in [0.717, 1.165) is 23.5 Å². The molecule has 0 spiro atoms. The zero-order valence-electron chi connectivity index (χ0n) is 15.8. The van der Waals surface area contributed by atoms with Crippen LogP contribution in [0.2, 0.25) is 0 Å². The lowest BCUT2D eigenvalue weighted by Crippen LogP contribution is -2.33. The van der Waals surface area contributed by atoms with Gasteiger partial charge in [-0.1, -0.05) is 17.4 Å². The van der Waals surface area contributed by atoms with E-state index in [1.807, 2.05) is 19.0 Å². The van der Waals surface area contributed by atoms with E-state index in [4.69, 9.17) is 0 Å². The molecule has 0 aliphatic heterocycles. The van der Waals surface area contributed by atoms with Crippen LogP contribution in [0, 0.1) is 5.82 Å². The van der Waals surface area contributed by atoms with Gasteiger partial charge in [-0.05, 0) is 63.5 Å². The highest BCUT2D eigenvalue weighted by Gasteiger charge is 2.31. The summed E-state index contributed by atoms with van der Waals surface area (Å²) in [5.74, 6) is -0.995. The zero-order chi connectivity index (χ0) is 21.2. The second-order valence-corrected chi connectivity index (χ2v) is 7.81. The van der Waals surface area contributed by atoms with Gasteiger partial charge in [-0.15, -0.1) is 0 Å². The number of amides is 1. The van der Waals surface area contributed by atoms with Gasteiger partial charge in [0.05, 0.1) is 15.8 Å². The van der Waals surface area contributed by atoms with E-state index < -0.39 is 23.5 Å². The number of alkyl halides is 3. The van der Waals surface area contributed by atoms with E-state index in [9.17, 15) is 22.4 Å². The average Bonchev–Trinajstić information content (AvgIpc) is 3.06. The zero-order valence-corrected chi connectivity index (χ0v) is 16.6. The number of carbonyl (C=O) groups is 1. The monoisotopic (exact) mass is 425 g/mol. The maximum atomic E-state index is 13.5. The quantitative estimate of drug-likeness (QED) is 0.519. The Morgan fingerprint density at radius 3 is 2.55 bits per heavy atom. The van der Waals surface area contributed by atoms with Crippen LogP contribution in [0.5, 0.6) is 0 Å². The molecule has 0 radical (unpaired) electrons. The van der Waals surface area contributed by atoms with Crippen molar-refractivity contribution in [1.82, 2.24) is 9.88 Å². The fourth-order valence-electron chi connectivity index (χ4n) is 2.82. The summed E-state index contributed by atoms with van der Waals surface area (Å²) < 4.78 is 53.2. The van der Waals surface area contributed by atoms with Crippen molar-refractivity contribution < 1.29 is 22.4 Å². The fourth-order valence-corrected chi connectivity index (χ4v) is 3.83. The second kappa shape index (κ2) is 8.46. The summed E-state index contributed by atoms with van der Waals surface area (Å²) in [6.07, 6.45) is -3.94. The van der Waals surface area contributed by atoms with Crippen molar-refractivity contribution >= 4 is 32.6 Å². The molecule has 154 valence electrons. The highest BCUT2D eigenvalue weighted by atomic mass is 32.1. The lowest BCUT2D eigenvalue weighted by molar-refractivity contribution is -0.137. The average molecular weight is 425 g/mol. The smallest absolute Gasteiger partial charge is 0.309 e. The van der Waals surface area contributed by atoms with Crippen LogP contribution in [0.15, 0.2) is 42.5 Å². The highest BCUT2D eigenvalue weighted by Crippen LogP contribution is 2.32. The number of halogens is 4. The minimum atomic E-state index is -4.54. The van der Waals surface area contributed by atoms with Gasteiger partial charge in [0, 0.05) is 12.1 Å². The lowest BCUT2D eigenvalue weighted by Gasteiger charge is -2.21. The molecule has 29 heavy (non-hydrogen) atoms. The molecule has 3 rings (SSSR count). The van der Waals surface area contributed by atoms with Crippen molar-refractivity contribution in [2.45, 2.75) is 12.6 Å². The Labute approximate surface area is 169 Å². The number of hydrogen-bond acceptors (Lipinski definition) is 4. The largest absolute Gasteiger partial charge is 0.416 e. The van der Waals surface area contributed by atoms with Crippen LogP contribution >= 0.6 is 11.3 Å². The molecule has 1 heterocycles. The van der Waals surface area contributed by atoms with Crippen LogP contribution in [0.25, 0.3) is 10.2 Å². The van der Waals surface area contributed by atoms with Gasteiger partial charge in [-0.25, -0.2) is 9.37 Å². The van der Waals surface area contributed by atoms with Gasteiger partial charge in [0.1, 0.15) is 5.82 Å². The molecule has 1 aromatic heterocycles. The van der Waals surface area contributed by atoms with Gasteiger partial charge in [-0.3, -0.25) is 9.69 Å². The number of hydrogen-bond donors (Lipinski definition) is 0. The van der Waals surface area contributed by atoms with Crippen molar-refractivity contribution in [1.29, 1.82) is 0 Å². The lowest BCUT2D eigenvalue weighted by atomic mass is 10.1. The summed E-state index contributed by atoms with van der Waals surface area (Å²) >= 11 is 1.13. The van der Waals surface area contributed by atoms with Crippen LogP contribution in [0.1, 0.15) is 22.3 Å². The van der Waals surface area contributed by atoms with Crippen LogP contribution in [0.3, 0.4) is 0 Å². The molecule has 1 amide bonds. The van der Waals surface area contributed by atoms with Crippen LogP contribution in [0.4, 0.5) is 22.7 Å². The van der Waals surface area contributed by atoms with Gasteiger partial charge >= 0.3 is 6.18 Å². The molecule has 0 aliphatic rings. The molecule has 0 N–H and O–H groups in total. The SMILES string of the molecule is CN(C)CCCN(C(=O)c1cccc(C(F)(F)F)c1)c1nc2ccc(F)cc2s1. The van der Waals surface area contributed by atoms with Gasteiger partial charge in [0.2, 0.25) is 0 Å². The van der Waals surface area contributed by atoms with Crippen molar-refractivity contribution in [3.8, 4) is 0 Å². The number of carbonyl (C=O) groups excluding carboxylic acids is 1. The summed E-state index contributed by atoms with van der Waals surface area (Å²) in [7, 11) is 3.78. The van der Waals surface area contributed by atoms with Crippen LogP contribution in [-0.2, 0) is 6.18 Å². The molecule has 0 unspecified atom stereocenters. The Morgan fingerprint density at radius 2 is 1.86 bits per heavy atom. The van der Waals surface area contributed by atoms with Crippen LogP contribution < -0.4 is 4.90 Å². The third-order valence-electron chi connectivity index (χ3n) is 4.24. The Morgan fingerprint density at radius 1 is 1.10 bits per heavy atom. The number of thiazole rings is 1. The maximum absolute atomic E-state index is 13.5. The van der Waals surface area contributed by atoms with E-state index in [-0.39, 0.29) is 12.1 Å². The molecule has 0 saturated heterocycles. The molecule has 3 aromatic rings. The minimum absolute atomic E-state index is 0.0740. The van der Waals surface area contributed by atoms with Gasteiger partial charge < -0.3 is 4.90 Å². The van der Waals surface area contributed by atoms with Crippen molar-refractivity contribution in [2.75, 3.05) is 32.1 Å². The predicted octanol–water partition coefficient (Wildman–Crippen LogP) is 5.05. The Balaban J connectivity index is 1.97. The number of rotatable bonds is 6. The van der Waals surface area contributed by atoms with Crippen molar-refractivity contribution in [2.24, 2.45) is 0 Å². The molecule has 4 nitrogen and oxygen atoms in total. The third kappa shape index (κ3) is 5.10. The van der Waals surface area contributed by atoms with E-state index in [0.29, 0.717) is 28.3 Å². The van der Waals surface area contributed by atoms with Gasteiger partial charge in [-0.2, -0.15) is 13.2 Å². The van der Waals surface area contributed by atoms with E-state index in [2.05, 4.69) is 4.98 Å². The molecule has 9 heteroatoms. The molecule has 0 atom stereocenters. The maximum Gasteiger partial charge on any atom is 0.416 e. The number of anilines is 1. The number of nitrogens with zero attached hydrogens (tertiary/aromatic N) is 3. The first kappa shape index (κ1) is 21.2. The molecular weight excluding hydrogens is 406 g/mol. The minimum Gasteiger partial charge on any atom is -0.309 e. The van der Waals surface area contributed by atoms with Crippen molar-refractivity contribution in [3.05, 3.63) is 59.4 Å². The molecule has 0 fully saturated rings. The standard InChI is InChI=1S/C20H19F4N3OS/c1-26(2)9-4-10-27(19-25-16-8-7-15(21)12-17(16)29-19)18(28)13-5-3-6-14(11-13)20(22,23)24/h3,5-8,11-12H,4,9-10H2,1-2H3.